The quantitative estimate of drug-likeness (QED) is 0.809. The van der Waals surface area contributed by atoms with E-state index in [1.54, 1.807) is 0 Å². The number of aliphatic carboxylic acids is 1. The second-order valence-electron chi connectivity index (χ2n) is 6.76. The van der Waals surface area contributed by atoms with Gasteiger partial charge in [-0.05, 0) is 20.3 Å². The monoisotopic (exact) mass is 298 g/mol. The molecule has 0 radical (unpaired) electrons. The van der Waals surface area contributed by atoms with Crippen LogP contribution in [-0.4, -0.2) is 26.4 Å². The number of hydrogen-bond donors (Lipinski definition) is 1. The Kier molecular flexibility index (Phi) is 5.30. The van der Waals surface area contributed by atoms with Crippen molar-refractivity contribution >= 4 is 17.7 Å². The summed E-state index contributed by atoms with van der Waals surface area (Å²) in [6, 6.07) is 0. The minimum Gasteiger partial charge on any atom is -0.481 e. The van der Waals surface area contributed by atoms with Gasteiger partial charge < -0.3 is 9.67 Å². The Balaban J connectivity index is 3.26. The highest BCUT2D eigenvalue weighted by molar-refractivity contribution is 7.99. The average Bonchev–Trinajstić information content (AvgIpc) is 2.70. The highest BCUT2D eigenvalue weighted by Gasteiger charge is 2.30. The Labute approximate surface area is 126 Å². The molecule has 1 aromatic rings. The normalized spacial score (nSPS) is 12.7. The van der Waals surface area contributed by atoms with Crippen molar-refractivity contribution in [2.45, 2.75) is 70.5 Å². The van der Waals surface area contributed by atoms with Crippen molar-refractivity contribution in [3.63, 3.8) is 0 Å². The van der Waals surface area contributed by atoms with Gasteiger partial charge in [0.15, 0.2) is 5.16 Å². The topological polar surface area (TPSA) is 55.1 Å². The lowest BCUT2D eigenvalue weighted by atomic mass is 9.90. The molecule has 1 aromatic heterocycles. The second kappa shape index (κ2) is 6.20. The van der Waals surface area contributed by atoms with Gasteiger partial charge in [0.05, 0.1) is 5.75 Å². The molecule has 1 heterocycles. The number of carboxylic acid groups (broad SMARTS) is 1. The molecular weight excluding hydrogens is 272 g/mol. The molecule has 0 aromatic carbocycles. The summed E-state index contributed by atoms with van der Waals surface area (Å²) >= 11 is 1.30. The summed E-state index contributed by atoms with van der Waals surface area (Å²) < 4.78 is 2.23. The lowest BCUT2D eigenvalue weighted by Gasteiger charge is -2.33. The molecule has 0 bridgehead atoms. The second-order valence-corrected chi connectivity index (χ2v) is 7.70. The molecule has 0 saturated heterocycles. The molecule has 4 nitrogen and oxygen atoms in total. The third kappa shape index (κ3) is 4.01. The van der Waals surface area contributed by atoms with Gasteiger partial charge in [-0.1, -0.05) is 45.9 Å². The fourth-order valence-corrected chi connectivity index (χ4v) is 3.26. The van der Waals surface area contributed by atoms with Crippen LogP contribution in [0, 0.1) is 0 Å². The van der Waals surface area contributed by atoms with Crippen LogP contribution in [0.4, 0.5) is 0 Å². The van der Waals surface area contributed by atoms with Crippen LogP contribution in [0.5, 0.6) is 0 Å². The molecule has 1 N–H and O–H groups in total. The van der Waals surface area contributed by atoms with Crippen molar-refractivity contribution in [3.05, 3.63) is 11.9 Å². The molecule has 5 heteroatoms. The van der Waals surface area contributed by atoms with Gasteiger partial charge in [-0.25, -0.2) is 4.98 Å². The van der Waals surface area contributed by atoms with Gasteiger partial charge in [0, 0.05) is 22.8 Å². The van der Waals surface area contributed by atoms with Gasteiger partial charge in [0.25, 0.3) is 0 Å². The van der Waals surface area contributed by atoms with Crippen LogP contribution in [-0.2, 0) is 15.7 Å². The van der Waals surface area contributed by atoms with E-state index in [2.05, 4.69) is 51.1 Å². The van der Waals surface area contributed by atoms with Gasteiger partial charge in [0.1, 0.15) is 0 Å². The summed E-state index contributed by atoms with van der Waals surface area (Å²) in [6.07, 6.45) is 4.01. The van der Waals surface area contributed by atoms with Gasteiger partial charge in [-0.2, -0.15) is 0 Å². The number of carbonyl (C=O) groups is 1. The summed E-state index contributed by atoms with van der Waals surface area (Å²) in [5.41, 5.74) is 1.08. The standard InChI is InChI=1S/C15H26N2O2S/c1-7-8-15(5,6)17-11(14(2,3)4)9-16-13(17)20-10-12(18)19/h9H,7-8,10H2,1-6H3,(H,18,19). The van der Waals surface area contributed by atoms with Gasteiger partial charge in [-0.3, -0.25) is 4.79 Å². The van der Waals surface area contributed by atoms with E-state index in [9.17, 15) is 4.79 Å². The molecule has 0 aliphatic rings. The van der Waals surface area contributed by atoms with Crippen LogP contribution in [0.15, 0.2) is 11.4 Å². The number of thioether (sulfide) groups is 1. The molecule has 0 atom stereocenters. The third-order valence-corrected chi connectivity index (χ3v) is 4.23. The summed E-state index contributed by atoms with van der Waals surface area (Å²) in [5.74, 6) is -0.766. The van der Waals surface area contributed by atoms with Crippen molar-refractivity contribution in [1.82, 2.24) is 9.55 Å². The minimum absolute atomic E-state index is 0.0138. The zero-order valence-electron chi connectivity index (χ0n) is 13.4. The van der Waals surface area contributed by atoms with Crippen molar-refractivity contribution in [2.75, 3.05) is 5.75 Å². The maximum Gasteiger partial charge on any atom is 0.313 e. The summed E-state index contributed by atoms with van der Waals surface area (Å²) in [7, 11) is 0. The SMILES string of the molecule is CCCC(C)(C)n1c(C(C)(C)C)cnc1SCC(=O)O. The Hall–Kier alpha value is -0.970. The maximum absolute atomic E-state index is 10.8. The highest BCUT2D eigenvalue weighted by atomic mass is 32.2. The van der Waals surface area contributed by atoms with E-state index in [1.165, 1.54) is 11.8 Å². The van der Waals surface area contributed by atoms with Crippen molar-refractivity contribution in [2.24, 2.45) is 0 Å². The summed E-state index contributed by atoms with van der Waals surface area (Å²) in [5, 5.41) is 9.68. The summed E-state index contributed by atoms with van der Waals surface area (Å²) in [4.78, 5) is 15.3. The first-order valence-electron chi connectivity index (χ1n) is 7.03. The predicted molar refractivity (Wildman–Crippen MR) is 83.5 cm³/mol. The predicted octanol–water partition coefficient (Wildman–Crippen LogP) is 3.89. The molecule has 0 unspecified atom stereocenters. The lowest BCUT2D eigenvalue weighted by molar-refractivity contribution is -0.133. The Morgan fingerprint density at radius 3 is 2.40 bits per heavy atom. The average molecular weight is 298 g/mol. The number of imidazole rings is 1. The molecule has 0 fully saturated rings. The first-order valence-corrected chi connectivity index (χ1v) is 8.01. The van der Waals surface area contributed by atoms with E-state index in [-0.39, 0.29) is 16.7 Å². The van der Waals surface area contributed by atoms with Crippen LogP contribution in [0.2, 0.25) is 0 Å². The molecule has 0 spiro atoms. The molecule has 0 aliphatic heterocycles. The van der Waals surface area contributed by atoms with E-state index >= 15 is 0 Å². The van der Waals surface area contributed by atoms with Crippen LogP contribution in [0.25, 0.3) is 0 Å². The van der Waals surface area contributed by atoms with Crippen molar-refractivity contribution < 1.29 is 9.90 Å². The molecule has 0 saturated carbocycles. The van der Waals surface area contributed by atoms with Crippen LogP contribution >= 0.6 is 11.8 Å². The van der Waals surface area contributed by atoms with Crippen molar-refractivity contribution in [3.8, 4) is 0 Å². The number of aromatic nitrogens is 2. The number of nitrogens with zero attached hydrogens (tertiary/aromatic N) is 2. The third-order valence-electron chi connectivity index (χ3n) is 3.29. The first kappa shape index (κ1) is 17.1. The first-order chi connectivity index (χ1) is 9.09. The van der Waals surface area contributed by atoms with Gasteiger partial charge >= 0.3 is 5.97 Å². The van der Waals surface area contributed by atoms with Crippen LogP contribution in [0.3, 0.4) is 0 Å². The smallest absolute Gasteiger partial charge is 0.313 e. The molecule has 0 aliphatic carbocycles. The zero-order chi connectivity index (χ0) is 15.6. The Bertz CT molecular complexity index is 473. The van der Waals surface area contributed by atoms with Gasteiger partial charge in [0.2, 0.25) is 0 Å². The fraction of sp³-hybridized carbons (Fsp3) is 0.733. The van der Waals surface area contributed by atoms with E-state index in [1.807, 2.05) is 6.20 Å². The number of hydrogen-bond acceptors (Lipinski definition) is 3. The van der Waals surface area contributed by atoms with Gasteiger partial charge in [-0.15, -0.1) is 0 Å². The molecule has 0 amide bonds. The summed E-state index contributed by atoms with van der Waals surface area (Å²) in [6.45, 7) is 13.0. The van der Waals surface area contributed by atoms with E-state index in [0.29, 0.717) is 0 Å². The zero-order valence-corrected chi connectivity index (χ0v) is 14.2. The molecular formula is C15H26N2O2S. The van der Waals surface area contributed by atoms with E-state index in [0.717, 1.165) is 23.7 Å². The fourth-order valence-electron chi connectivity index (χ4n) is 2.40. The highest BCUT2D eigenvalue weighted by Crippen LogP contribution is 2.35. The molecule has 20 heavy (non-hydrogen) atoms. The maximum atomic E-state index is 10.8. The molecule has 114 valence electrons. The van der Waals surface area contributed by atoms with Crippen LogP contribution in [0.1, 0.15) is 60.1 Å². The Morgan fingerprint density at radius 2 is 1.95 bits per heavy atom. The van der Waals surface area contributed by atoms with E-state index < -0.39 is 5.97 Å². The Morgan fingerprint density at radius 1 is 1.35 bits per heavy atom. The largest absolute Gasteiger partial charge is 0.481 e. The number of carboxylic acids is 1. The minimum atomic E-state index is -0.810. The number of rotatable bonds is 6. The lowest BCUT2D eigenvalue weighted by Crippen LogP contribution is -2.32. The van der Waals surface area contributed by atoms with Crippen molar-refractivity contribution in [1.29, 1.82) is 0 Å². The van der Waals surface area contributed by atoms with Crippen LogP contribution < -0.4 is 0 Å². The van der Waals surface area contributed by atoms with E-state index in [4.69, 9.17) is 5.11 Å². The molecule has 1 rings (SSSR count).